The maximum Gasteiger partial charge on any atom is 0.330 e. The average Bonchev–Trinajstić information content (AvgIpc) is 2.37. The minimum absolute atomic E-state index is 0.0107. The van der Waals surface area contributed by atoms with Crippen LogP contribution in [0.4, 0.5) is 10.2 Å². The molecule has 7 heteroatoms. The third-order valence-electron chi connectivity index (χ3n) is 2.65. The first-order chi connectivity index (χ1) is 9.74. The molecule has 0 saturated carbocycles. The van der Waals surface area contributed by atoms with E-state index in [2.05, 4.69) is 15.3 Å². The van der Waals surface area contributed by atoms with Crippen molar-refractivity contribution in [3.05, 3.63) is 29.4 Å². The molecule has 0 amide bonds. The number of hydrogen-bond acceptors (Lipinski definition) is 5. The standard InChI is InChI=1S/C14H19ClFN3O2/c1-5-21-11(20)7-6-10(14(2,3)4)18-12-9(16)8-17-13(15)19-12/h6-8,10H,5H2,1-4H3,(H,17,18,19). The quantitative estimate of drug-likeness (QED) is 0.513. The van der Waals surface area contributed by atoms with Crippen molar-refractivity contribution in [2.45, 2.75) is 33.7 Å². The van der Waals surface area contributed by atoms with E-state index in [9.17, 15) is 9.18 Å². The van der Waals surface area contributed by atoms with Crippen LogP contribution in [0.15, 0.2) is 18.3 Å². The number of hydrogen-bond donors (Lipinski definition) is 1. The molecule has 21 heavy (non-hydrogen) atoms. The van der Waals surface area contributed by atoms with Crippen molar-refractivity contribution in [3.63, 3.8) is 0 Å². The van der Waals surface area contributed by atoms with E-state index < -0.39 is 11.8 Å². The molecule has 0 radical (unpaired) electrons. The number of anilines is 1. The monoisotopic (exact) mass is 315 g/mol. The normalized spacial score (nSPS) is 13.2. The van der Waals surface area contributed by atoms with Gasteiger partial charge in [-0.3, -0.25) is 0 Å². The summed E-state index contributed by atoms with van der Waals surface area (Å²) in [6, 6.07) is -0.345. The van der Waals surface area contributed by atoms with E-state index in [1.807, 2.05) is 20.8 Å². The van der Waals surface area contributed by atoms with Crippen LogP contribution in [0.5, 0.6) is 0 Å². The van der Waals surface area contributed by atoms with Gasteiger partial charge >= 0.3 is 5.97 Å². The second kappa shape index (κ2) is 7.36. The van der Waals surface area contributed by atoms with E-state index in [-0.39, 0.29) is 22.6 Å². The number of nitrogens with one attached hydrogen (secondary N) is 1. The number of esters is 1. The number of halogens is 2. The Labute approximate surface area is 128 Å². The molecule has 0 fully saturated rings. The minimum Gasteiger partial charge on any atom is -0.463 e. The highest BCUT2D eigenvalue weighted by atomic mass is 35.5. The van der Waals surface area contributed by atoms with Gasteiger partial charge in [0.15, 0.2) is 11.6 Å². The highest BCUT2D eigenvalue weighted by Gasteiger charge is 2.24. The Bertz CT molecular complexity index is 529. The van der Waals surface area contributed by atoms with Crippen LogP contribution in [0.1, 0.15) is 27.7 Å². The van der Waals surface area contributed by atoms with Crippen LogP contribution in [0.25, 0.3) is 0 Å². The van der Waals surface area contributed by atoms with E-state index in [4.69, 9.17) is 16.3 Å². The zero-order valence-corrected chi connectivity index (χ0v) is 13.2. The molecule has 1 aromatic rings. The third kappa shape index (κ3) is 5.67. The predicted octanol–water partition coefficient (Wildman–Crippen LogP) is 3.22. The second-order valence-electron chi connectivity index (χ2n) is 5.43. The van der Waals surface area contributed by atoms with E-state index in [0.717, 1.165) is 6.20 Å². The summed E-state index contributed by atoms with van der Waals surface area (Å²) >= 11 is 5.66. The molecule has 0 aliphatic carbocycles. The van der Waals surface area contributed by atoms with Crippen molar-refractivity contribution >= 4 is 23.4 Å². The van der Waals surface area contributed by atoms with E-state index in [1.165, 1.54) is 6.08 Å². The summed E-state index contributed by atoms with van der Waals surface area (Å²) in [5.74, 6) is -1.07. The van der Waals surface area contributed by atoms with Crippen molar-refractivity contribution in [1.29, 1.82) is 0 Å². The molecule has 5 nitrogen and oxygen atoms in total. The van der Waals surface area contributed by atoms with Gasteiger partial charge in [-0.05, 0) is 23.9 Å². The number of rotatable bonds is 5. The van der Waals surface area contributed by atoms with Gasteiger partial charge < -0.3 is 10.1 Å². The Morgan fingerprint density at radius 1 is 1.57 bits per heavy atom. The fourth-order valence-electron chi connectivity index (χ4n) is 1.51. The van der Waals surface area contributed by atoms with E-state index in [1.54, 1.807) is 13.0 Å². The highest BCUT2D eigenvalue weighted by Crippen LogP contribution is 2.25. The molecular formula is C14H19ClFN3O2. The van der Waals surface area contributed by atoms with Crippen LogP contribution in [-0.2, 0) is 9.53 Å². The van der Waals surface area contributed by atoms with Gasteiger partial charge in [0.25, 0.3) is 0 Å². The van der Waals surface area contributed by atoms with E-state index >= 15 is 0 Å². The van der Waals surface area contributed by atoms with Gasteiger partial charge in [-0.25, -0.2) is 14.2 Å². The molecule has 0 aromatic carbocycles. The number of ether oxygens (including phenoxy) is 1. The van der Waals surface area contributed by atoms with Crippen molar-refractivity contribution in [3.8, 4) is 0 Å². The molecule has 1 aromatic heterocycles. The molecule has 0 aliphatic rings. The lowest BCUT2D eigenvalue weighted by Crippen LogP contribution is -2.33. The summed E-state index contributed by atoms with van der Waals surface area (Å²) < 4.78 is 18.5. The smallest absolute Gasteiger partial charge is 0.330 e. The summed E-state index contributed by atoms with van der Waals surface area (Å²) in [7, 11) is 0. The van der Waals surface area contributed by atoms with Crippen molar-refractivity contribution in [1.82, 2.24) is 9.97 Å². The largest absolute Gasteiger partial charge is 0.463 e. The van der Waals surface area contributed by atoms with Crippen LogP contribution < -0.4 is 5.32 Å². The van der Waals surface area contributed by atoms with Crippen LogP contribution in [-0.4, -0.2) is 28.6 Å². The zero-order chi connectivity index (χ0) is 16.0. The van der Waals surface area contributed by atoms with Crippen molar-refractivity contribution in [2.24, 2.45) is 5.41 Å². The maximum atomic E-state index is 13.7. The van der Waals surface area contributed by atoms with Crippen LogP contribution >= 0.6 is 11.6 Å². The molecule has 1 rings (SSSR count). The Morgan fingerprint density at radius 3 is 2.81 bits per heavy atom. The molecule has 0 aliphatic heterocycles. The third-order valence-corrected chi connectivity index (χ3v) is 2.83. The summed E-state index contributed by atoms with van der Waals surface area (Å²) in [6.07, 6.45) is 3.92. The molecule has 1 atom stereocenters. The molecule has 1 unspecified atom stereocenters. The lowest BCUT2D eigenvalue weighted by atomic mass is 9.86. The molecule has 1 N–H and O–H groups in total. The summed E-state index contributed by atoms with van der Waals surface area (Å²) in [4.78, 5) is 18.8. The SMILES string of the molecule is CCOC(=O)C=CC(Nc1nc(Cl)ncc1F)C(C)(C)C. The van der Waals surface area contributed by atoms with Gasteiger partial charge in [0.1, 0.15) is 0 Å². The predicted molar refractivity (Wildman–Crippen MR) is 79.6 cm³/mol. The van der Waals surface area contributed by atoms with Gasteiger partial charge in [-0.1, -0.05) is 26.8 Å². The van der Waals surface area contributed by atoms with Crippen molar-refractivity contribution < 1.29 is 13.9 Å². The number of carbonyl (C=O) groups excluding carboxylic acids is 1. The average molecular weight is 316 g/mol. The van der Waals surface area contributed by atoms with Gasteiger partial charge in [0.2, 0.25) is 5.28 Å². The molecule has 0 spiro atoms. The highest BCUT2D eigenvalue weighted by molar-refractivity contribution is 6.28. The Balaban J connectivity index is 2.94. The lowest BCUT2D eigenvalue weighted by Gasteiger charge is -2.29. The number of nitrogens with zero attached hydrogens (tertiary/aromatic N) is 2. The first-order valence-corrected chi connectivity index (χ1v) is 6.91. The lowest BCUT2D eigenvalue weighted by molar-refractivity contribution is -0.137. The topological polar surface area (TPSA) is 64.1 Å². The molecule has 0 saturated heterocycles. The first-order valence-electron chi connectivity index (χ1n) is 6.53. The van der Waals surface area contributed by atoms with Gasteiger partial charge in [-0.15, -0.1) is 0 Å². The summed E-state index contributed by atoms with van der Waals surface area (Å²) in [5.41, 5.74) is -0.285. The Kier molecular flexibility index (Phi) is 6.08. The summed E-state index contributed by atoms with van der Waals surface area (Å²) in [6.45, 7) is 7.86. The van der Waals surface area contributed by atoms with Crippen molar-refractivity contribution in [2.75, 3.05) is 11.9 Å². The minimum atomic E-state index is -0.613. The van der Waals surface area contributed by atoms with E-state index in [0.29, 0.717) is 6.61 Å². The Morgan fingerprint density at radius 2 is 2.24 bits per heavy atom. The van der Waals surface area contributed by atoms with Gasteiger partial charge in [0.05, 0.1) is 18.8 Å². The Hall–Kier alpha value is -1.69. The number of carbonyl (C=O) groups is 1. The summed E-state index contributed by atoms with van der Waals surface area (Å²) in [5, 5.41) is 2.87. The molecule has 0 bridgehead atoms. The molecule has 116 valence electrons. The maximum absolute atomic E-state index is 13.7. The fourth-order valence-corrected chi connectivity index (χ4v) is 1.65. The fraction of sp³-hybridized carbons (Fsp3) is 0.500. The first kappa shape index (κ1) is 17.4. The van der Waals surface area contributed by atoms with Crippen LogP contribution in [0.2, 0.25) is 5.28 Å². The number of aromatic nitrogens is 2. The second-order valence-corrected chi connectivity index (χ2v) is 5.77. The molecule has 1 heterocycles. The van der Waals surface area contributed by atoms with Gasteiger partial charge in [0, 0.05) is 6.08 Å². The molecular weight excluding hydrogens is 297 g/mol. The van der Waals surface area contributed by atoms with Crippen LogP contribution in [0.3, 0.4) is 0 Å². The van der Waals surface area contributed by atoms with Crippen LogP contribution in [0, 0.1) is 11.2 Å². The van der Waals surface area contributed by atoms with Gasteiger partial charge in [-0.2, -0.15) is 4.98 Å². The zero-order valence-electron chi connectivity index (χ0n) is 12.5.